The second-order valence-electron chi connectivity index (χ2n) is 8.81. The fourth-order valence-corrected chi connectivity index (χ4v) is 4.76. The Bertz CT molecular complexity index is 1330. The summed E-state index contributed by atoms with van der Waals surface area (Å²) in [5.41, 5.74) is 2.43. The van der Waals surface area contributed by atoms with Crippen LogP contribution in [0.15, 0.2) is 48.8 Å². The van der Waals surface area contributed by atoms with E-state index in [0.29, 0.717) is 5.56 Å². The number of rotatable bonds is 6. The summed E-state index contributed by atoms with van der Waals surface area (Å²) < 4.78 is 0. The Morgan fingerprint density at radius 1 is 1.00 bits per heavy atom. The molecule has 4 aromatic rings. The van der Waals surface area contributed by atoms with E-state index < -0.39 is 0 Å². The summed E-state index contributed by atoms with van der Waals surface area (Å²) in [4.78, 5) is 28.6. The highest BCUT2D eigenvalue weighted by Gasteiger charge is 2.17. The molecule has 9 heteroatoms. The lowest BCUT2D eigenvalue weighted by atomic mass is 10.0. The minimum atomic E-state index is 0.0422. The summed E-state index contributed by atoms with van der Waals surface area (Å²) in [6, 6.07) is 11.8. The van der Waals surface area contributed by atoms with Gasteiger partial charge in [0.15, 0.2) is 5.78 Å². The van der Waals surface area contributed by atoms with Gasteiger partial charge in [-0.15, -0.1) is 10.2 Å². The quantitative estimate of drug-likeness (QED) is 0.395. The van der Waals surface area contributed by atoms with Crippen molar-refractivity contribution in [2.24, 2.45) is 0 Å². The number of fused-ring (bicyclic) bond motifs is 1. The number of hydrogen-bond donors (Lipinski definition) is 0. The fourth-order valence-electron chi connectivity index (χ4n) is 4.00. The number of likely N-dealkylation sites (N-methyl/N-ethyl adjacent to an activating group) is 1. The lowest BCUT2D eigenvalue weighted by Gasteiger charge is -2.33. The number of pyridine rings is 2. The van der Waals surface area contributed by atoms with Crippen LogP contribution < -0.4 is 9.80 Å². The molecule has 34 heavy (non-hydrogen) atoms. The van der Waals surface area contributed by atoms with Gasteiger partial charge in [0.05, 0.1) is 6.42 Å². The van der Waals surface area contributed by atoms with Gasteiger partial charge < -0.3 is 14.7 Å². The van der Waals surface area contributed by atoms with Gasteiger partial charge >= 0.3 is 0 Å². The number of carbonyl (C=O) groups excluding carboxylic acids is 1. The van der Waals surface area contributed by atoms with Crippen molar-refractivity contribution < 1.29 is 4.79 Å². The van der Waals surface area contributed by atoms with Gasteiger partial charge in [0, 0.05) is 74.9 Å². The van der Waals surface area contributed by atoms with E-state index in [9.17, 15) is 4.79 Å². The molecule has 174 valence electrons. The summed E-state index contributed by atoms with van der Waals surface area (Å²) in [5, 5.41) is 12.3. The van der Waals surface area contributed by atoms with Crippen molar-refractivity contribution in [2.75, 3.05) is 57.1 Å². The SMILES string of the molecule is CN1CCN(c2cc(C(=O)Cc3cc4cc(-c5nnc(N(C)C)s5)ccc4cn3)ccn2)CC1. The molecule has 0 atom stereocenters. The molecule has 1 aromatic carbocycles. The van der Waals surface area contributed by atoms with E-state index in [2.05, 4.69) is 43.1 Å². The minimum Gasteiger partial charge on any atom is -0.354 e. The summed E-state index contributed by atoms with van der Waals surface area (Å²) in [6.45, 7) is 3.83. The van der Waals surface area contributed by atoms with Crippen molar-refractivity contribution in [3.63, 3.8) is 0 Å². The molecule has 0 unspecified atom stereocenters. The molecule has 0 N–H and O–H groups in total. The van der Waals surface area contributed by atoms with Gasteiger partial charge in [0.2, 0.25) is 5.13 Å². The lowest BCUT2D eigenvalue weighted by Crippen LogP contribution is -2.44. The molecule has 0 bridgehead atoms. The molecule has 1 fully saturated rings. The van der Waals surface area contributed by atoms with Crippen molar-refractivity contribution in [1.82, 2.24) is 25.1 Å². The number of piperazine rings is 1. The van der Waals surface area contributed by atoms with Gasteiger partial charge in [-0.3, -0.25) is 9.78 Å². The third-order valence-corrected chi connectivity index (χ3v) is 7.20. The predicted octanol–water partition coefficient (Wildman–Crippen LogP) is 3.39. The van der Waals surface area contributed by atoms with E-state index in [4.69, 9.17) is 0 Å². The zero-order chi connectivity index (χ0) is 23.7. The standard InChI is InChI=1S/C25H27N7OS/c1-30(2)25-29-28-24(34-25)18-4-5-19-16-27-21(13-20(19)12-18)15-22(33)17-6-7-26-23(14-17)32-10-8-31(3)9-11-32/h4-7,12-14,16H,8-11,15H2,1-3H3. The van der Waals surface area contributed by atoms with Gasteiger partial charge in [-0.05, 0) is 36.7 Å². The van der Waals surface area contributed by atoms with Crippen LogP contribution in [0.1, 0.15) is 16.1 Å². The molecule has 4 heterocycles. The fraction of sp³-hybridized carbons (Fsp3) is 0.320. The van der Waals surface area contributed by atoms with Gasteiger partial charge in [-0.1, -0.05) is 23.5 Å². The van der Waals surface area contributed by atoms with Crippen molar-refractivity contribution >= 4 is 38.8 Å². The third-order valence-electron chi connectivity index (χ3n) is 6.06. The number of Topliss-reactive ketones (excluding diaryl/α,β-unsaturated/α-hetero) is 1. The Kier molecular flexibility index (Phi) is 6.21. The maximum atomic E-state index is 13.1. The van der Waals surface area contributed by atoms with E-state index in [1.54, 1.807) is 23.6 Å². The van der Waals surface area contributed by atoms with E-state index in [1.165, 1.54) is 0 Å². The van der Waals surface area contributed by atoms with Crippen LogP contribution in [0.5, 0.6) is 0 Å². The molecule has 0 radical (unpaired) electrons. The van der Waals surface area contributed by atoms with Gasteiger partial charge in [0.1, 0.15) is 10.8 Å². The molecule has 1 aliphatic rings. The first-order valence-electron chi connectivity index (χ1n) is 11.3. The molecule has 1 saturated heterocycles. The van der Waals surface area contributed by atoms with Crippen LogP contribution in [0.3, 0.4) is 0 Å². The average molecular weight is 474 g/mol. The maximum absolute atomic E-state index is 13.1. The predicted molar refractivity (Wildman–Crippen MR) is 137 cm³/mol. The van der Waals surface area contributed by atoms with Gasteiger partial charge in [-0.2, -0.15) is 0 Å². The van der Waals surface area contributed by atoms with Crippen molar-refractivity contribution in [2.45, 2.75) is 6.42 Å². The molecule has 0 spiro atoms. The van der Waals surface area contributed by atoms with Crippen LogP contribution in [0.4, 0.5) is 10.9 Å². The molecular formula is C25H27N7OS. The van der Waals surface area contributed by atoms with Crippen molar-refractivity contribution in [3.05, 3.63) is 60.0 Å². The normalized spacial score (nSPS) is 14.5. The van der Waals surface area contributed by atoms with E-state index in [0.717, 1.165) is 64.2 Å². The Hall–Kier alpha value is -3.43. The summed E-state index contributed by atoms with van der Waals surface area (Å²) in [5.74, 6) is 0.907. The summed E-state index contributed by atoms with van der Waals surface area (Å²) in [6.07, 6.45) is 3.80. The molecule has 0 aliphatic carbocycles. The number of benzene rings is 1. The molecule has 1 aliphatic heterocycles. The summed E-state index contributed by atoms with van der Waals surface area (Å²) >= 11 is 1.55. The average Bonchev–Trinajstić information content (AvgIpc) is 3.35. The Balaban J connectivity index is 1.35. The minimum absolute atomic E-state index is 0.0422. The van der Waals surface area contributed by atoms with Crippen LogP contribution in [-0.4, -0.2) is 78.2 Å². The first-order valence-corrected chi connectivity index (χ1v) is 12.1. The first kappa shape index (κ1) is 22.4. The first-order chi connectivity index (χ1) is 16.5. The van der Waals surface area contributed by atoms with Crippen LogP contribution in [0, 0.1) is 0 Å². The Labute approximate surface area is 202 Å². The van der Waals surface area contributed by atoms with Crippen molar-refractivity contribution in [1.29, 1.82) is 0 Å². The third kappa shape index (κ3) is 4.76. The van der Waals surface area contributed by atoms with Crippen LogP contribution in [-0.2, 0) is 6.42 Å². The largest absolute Gasteiger partial charge is 0.354 e. The number of anilines is 2. The zero-order valence-electron chi connectivity index (χ0n) is 19.6. The molecular weight excluding hydrogens is 446 g/mol. The monoisotopic (exact) mass is 473 g/mol. The number of hydrogen-bond acceptors (Lipinski definition) is 9. The summed E-state index contributed by atoms with van der Waals surface area (Å²) in [7, 11) is 6.03. The lowest BCUT2D eigenvalue weighted by molar-refractivity contribution is 0.0992. The van der Waals surface area contributed by atoms with E-state index >= 15 is 0 Å². The van der Waals surface area contributed by atoms with Gasteiger partial charge in [0.25, 0.3) is 0 Å². The second-order valence-corrected chi connectivity index (χ2v) is 9.77. The molecule has 5 rings (SSSR count). The highest BCUT2D eigenvalue weighted by Crippen LogP contribution is 2.30. The highest BCUT2D eigenvalue weighted by atomic mass is 32.1. The number of carbonyl (C=O) groups is 1. The van der Waals surface area contributed by atoms with E-state index in [1.807, 2.05) is 49.5 Å². The molecule has 0 amide bonds. The molecule has 3 aromatic heterocycles. The maximum Gasteiger partial charge on any atom is 0.208 e. The van der Waals surface area contributed by atoms with Crippen LogP contribution in [0.2, 0.25) is 0 Å². The van der Waals surface area contributed by atoms with Gasteiger partial charge in [-0.25, -0.2) is 4.98 Å². The van der Waals surface area contributed by atoms with E-state index in [-0.39, 0.29) is 12.2 Å². The second kappa shape index (κ2) is 9.44. The smallest absolute Gasteiger partial charge is 0.208 e. The molecule has 8 nitrogen and oxygen atoms in total. The van der Waals surface area contributed by atoms with Crippen LogP contribution >= 0.6 is 11.3 Å². The highest BCUT2D eigenvalue weighted by molar-refractivity contribution is 7.18. The number of ketones is 1. The van der Waals surface area contributed by atoms with Crippen LogP contribution in [0.25, 0.3) is 21.3 Å². The van der Waals surface area contributed by atoms with Crippen molar-refractivity contribution in [3.8, 4) is 10.6 Å². The molecule has 0 saturated carbocycles. The Morgan fingerprint density at radius 2 is 1.82 bits per heavy atom. The zero-order valence-corrected chi connectivity index (χ0v) is 20.4. The topological polar surface area (TPSA) is 78.4 Å². The number of nitrogens with zero attached hydrogens (tertiary/aromatic N) is 7. The Morgan fingerprint density at radius 3 is 2.59 bits per heavy atom. The number of aromatic nitrogens is 4.